The summed E-state index contributed by atoms with van der Waals surface area (Å²) in [5.41, 5.74) is -0.542. The first kappa shape index (κ1) is 27.4. The quantitative estimate of drug-likeness (QED) is 0.0912. The predicted octanol–water partition coefficient (Wildman–Crippen LogP) is 6.71. The summed E-state index contributed by atoms with van der Waals surface area (Å²) in [6.45, 7) is 1.86. The molecule has 10 rings (SSSR count). The minimum absolute atomic E-state index is 0.0375. The molecular formula is C37H18O11. The summed E-state index contributed by atoms with van der Waals surface area (Å²) in [6, 6.07) is 19.3. The summed E-state index contributed by atoms with van der Waals surface area (Å²) in [4.78, 5) is 49.6. The van der Waals surface area contributed by atoms with Gasteiger partial charge in [0.15, 0.2) is 11.0 Å². The summed E-state index contributed by atoms with van der Waals surface area (Å²) >= 11 is 0. The molecule has 0 amide bonds. The number of benzene rings is 6. The van der Waals surface area contributed by atoms with Crippen LogP contribution >= 0.6 is 0 Å². The van der Waals surface area contributed by atoms with Crippen molar-refractivity contribution in [1.82, 2.24) is 0 Å². The molecule has 10 aromatic rings. The van der Waals surface area contributed by atoms with Crippen LogP contribution in [0.1, 0.15) is 5.56 Å². The third-order valence-electron chi connectivity index (χ3n) is 8.90. The maximum atomic E-state index is 12.4. The molecule has 0 saturated carbocycles. The fraction of sp³-hybridized carbons (Fsp3) is 0.0270. The summed E-state index contributed by atoms with van der Waals surface area (Å²) in [6.07, 6.45) is 0. The van der Waals surface area contributed by atoms with E-state index in [9.17, 15) is 34.5 Å². The highest BCUT2D eigenvalue weighted by atomic mass is 16.5. The van der Waals surface area contributed by atoms with E-state index < -0.39 is 22.8 Å². The monoisotopic (exact) mass is 638 g/mol. The van der Waals surface area contributed by atoms with Crippen LogP contribution in [-0.4, -0.2) is 15.3 Å². The van der Waals surface area contributed by atoms with Crippen LogP contribution in [0.15, 0.2) is 110 Å². The molecule has 0 saturated heterocycles. The van der Waals surface area contributed by atoms with E-state index in [-0.39, 0.29) is 55.0 Å². The van der Waals surface area contributed by atoms with Gasteiger partial charge in [-0.2, -0.15) is 0 Å². The van der Waals surface area contributed by atoms with Gasteiger partial charge in [-0.15, -0.1) is 0 Å². The second-order valence-corrected chi connectivity index (χ2v) is 11.5. The van der Waals surface area contributed by atoms with Gasteiger partial charge < -0.3 is 33.0 Å². The Hall–Kier alpha value is -6.88. The molecule has 11 heteroatoms. The molecule has 3 N–H and O–H groups in total. The molecule has 0 aliphatic carbocycles. The Morgan fingerprint density at radius 3 is 1.58 bits per heavy atom. The van der Waals surface area contributed by atoms with Crippen LogP contribution < -0.4 is 22.3 Å². The molecule has 11 nitrogen and oxygen atoms in total. The minimum Gasteiger partial charge on any atom is -0.506 e. The van der Waals surface area contributed by atoms with Gasteiger partial charge in [-0.05, 0) is 42.8 Å². The second kappa shape index (κ2) is 9.33. The Kier molecular flexibility index (Phi) is 5.33. The van der Waals surface area contributed by atoms with Crippen LogP contribution in [0.5, 0.6) is 17.4 Å². The molecule has 6 aromatic carbocycles. The molecule has 0 unspecified atom stereocenters. The van der Waals surface area contributed by atoms with E-state index in [4.69, 9.17) is 17.7 Å². The van der Waals surface area contributed by atoms with Gasteiger partial charge in [-0.1, -0.05) is 42.5 Å². The highest BCUT2D eigenvalue weighted by Crippen LogP contribution is 2.44. The van der Waals surface area contributed by atoms with Gasteiger partial charge in [0, 0.05) is 37.7 Å². The minimum atomic E-state index is -0.739. The van der Waals surface area contributed by atoms with Gasteiger partial charge in [0.25, 0.3) is 5.95 Å². The zero-order valence-electron chi connectivity index (χ0n) is 24.5. The third kappa shape index (κ3) is 3.41. The van der Waals surface area contributed by atoms with E-state index in [0.717, 1.165) is 5.56 Å². The molecule has 0 aliphatic heterocycles. The maximum absolute atomic E-state index is 12.4. The van der Waals surface area contributed by atoms with Gasteiger partial charge in [0.2, 0.25) is 0 Å². The van der Waals surface area contributed by atoms with Crippen molar-refractivity contribution in [2.45, 2.75) is 6.92 Å². The van der Waals surface area contributed by atoms with Crippen LogP contribution in [-0.2, 0) is 0 Å². The van der Waals surface area contributed by atoms with E-state index in [0.29, 0.717) is 48.9 Å². The van der Waals surface area contributed by atoms with Crippen molar-refractivity contribution in [2.75, 3.05) is 0 Å². The number of aryl methyl sites for hydroxylation is 1. The zero-order valence-corrected chi connectivity index (χ0v) is 24.5. The first-order valence-electron chi connectivity index (χ1n) is 14.6. The molecular weight excluding hydrogens is 620 g/mol. The number of phenolic OH excluding ortho intramolecular Hbond substituents is 2. The van der Waals surface area contributed by atoms with Crippen LogP contribution in [0.2, 0.25) is 0 Å². The molecule has 4 heterocycles. The topological polar surface area (TPSA) is 182 Å². The van der Waals surface area contributed by atoms with Crippen molar-refractivity contribution in [3.8, 4) is 17.4 Å². The summed E-state index contributed by atoms with van der Waals surface area (Å²) in [7, 11) is 0. The fourth-order valence-corrected chi connectivity index (χ4v) is 6.89. The lowest BCUT2D eigenvalue weighted by Crippen LogP contribution is -2.07. The normalized spacial score (nSPS) is 12.0. The number of hydrogen-bond donors (Lipinski definition) is 3. The average Bonchev–Trinajstić information content (AvgIpc) is 3.06. The van der Waals surface area contributed by atoms with Gasteiger partial charge in [-0.25, -0.2) is 14.4 Å². The van der Waals surface area contributed by atoms with Gasteiger partial charge in [0.1, 0.15) is 39.0 Å². The highest BCUT2D eigenvalue weighted by molar-refractivity contribution is 6.29. The second-order valence-electron chi connectivity index (χ2n) is 11.5. The largest absolute Gasteiger partial charge is 0.506 e. The Morgan fingerprint density at radius 1 is 0.438 bits per heavy atom. The van der Waals surface area contributed by atoms with Crippen molar-refractivity contribution in [3.63, 3.8) is 0 Å². The lowest BCUT2D eigenvalue weighted by atomic mass is 9.96. The number of aromatic hydroxyl groups is 3. The molecule has 0 fully saturated rings. The molecule has 0 bridgehead atoms. The molecule has 0 radical (unpaired) electrons. The van der Waals surface area contributed by atoms with Gasteiger partial charge in [0.05, 0.1) is 16.2 Å². The first-order chi connectivity index (χ1) is 23.2. The number of hydrogen-bond acceptors (Lipinski definition) is 11. The molecule has 0 spiro atoms. The van der Waals surface area contributed by atoms with Crippen molar-refractivity contribution < 1.29 is 33.0 Å². The van der Waals surface area contributed by atoms with E-state index in [2.05, 4.69) is 0 Å². The van der Waals surface area contributed by atoms with Crippen molar-refractivity contribution in [1.29, 1.82) is 0 Å². The van der Waals surface area contributed by atoms with Crippen molar-refractivity contribution >= 4 is 87.0 Å². The standard InChI is InChI=1S/C19H10O5.C18H8O6/c1-8-4-2-5-9-12(8)17-14-13-10(18(21)24-17)6-3-7-11(13)23-19(22)15(14)16(9)20;19-9-5-1-3-7-11(9)16-13-12-8(17(21)24-16)4-2-6-10(12)23-18(22)14(13)15(7)20/h2-7,20H,1H3;1-6,20-21H. The maximum Gasteiger partial charge on any atom is 0.348 e. The fourth-order valence-electron chi connectivity index (χ4n) is 6.89. The first-order valence-corrected chi connectivity index (χ1v) is 14.6. The highest BCUT2D eigenvalue weighted by Gasteiger charge is 2.25. The number of fused-ring (bicyclic) bond motifs is 4. The lowest BCUT2D eigenvalue weighted by Gasteiger charge is -2.13. The van der Waals surface area contributed by atoms with Crippen LogP contribution in [0.4, 0.5) is 0 Å². The van der Waals surface area contributed by atoms with Gasteiger partial charge >= 0.3 is 16.9 Å². The summed E-state index contributed by atoms with van der Waals surface area (Å²) in [5.74, 6) is -0.883. The van der Waals surface area contributed by atoms with E-state index >= 15 is 0 Å². The summed E-state index contributed by atoms with van der Waals surface area (Å²) < 4.78 is 21.7. The zero-order chi connectivity index (χ0) is 33.2. The molecule has 0 atom stereocenters. The Morgan fingerprint density at radius 2 is 0.938 bits per heavy atom. The lowest BCUT2D eigenvalue weighted by molar-refractivity contribution is 0.348. The third-order valence-corrected chi connectivity index (χ3v) is 8.90. The van der Waals surface area contributed by atoms with E-state index in [1.54, 1.807) is 48.5 Å². The van der Waals surface area contributed by atoms with E-state index in [1.807, 2.05) is 13.0 Å². The SMILES string of the molecule is Cc1cccc2c(O)c3c(=O)oc4cccc5c(=O)oc(c12)c3c45.O=c1oc2cccc3c(O)oc4c5c(=O)cccc5c(O)c1c4c23. The van der Waals surface area contributed by atoms with Crippen LogP contribution in [0.3, 0.4) is 0 Å². The van der Waals surface area contributed by atoms with Crippen molar-refractivity contribution in [2.24, 2.45) is 0 Å². The smallest absolute Gasteiger partial charge is 0.348 e. The molecule has 48 heavy (non-hydrogen) atoms. The van der Waals surface area contributed by atoms with Crippen molar-refractivity contribution in [3.05, 3.63) is 120 Å². The Bertz CT molecular complexity index is 3230. The summed E-state index contributed by atoms with van der Waals surface area (Å²) in [5, 5.41) is 35.0. The molecule has 232 valence electrons. The molecule has 0 aliphatic rings. The average molecular weight is 639 g/mol. The number of phenols is 2. The van der Waals surface area contributed by atoms with Gasteiger partial charge in [-0.3, -0.25) is 4.79 Å². The van der Waals surface area contributed by atoms with E-state index in [1.165, 1.54) is 18.2 Å². The van der Waals surface area contributed by atoms with Crippen LogP contribution in [0.25, 0.3) is 87.0 Å². The number of rotatable bonds is 0. The Labute approximate surface area is 264 Å². The molecule has 4 aromatic heterocycles. The Balaban J connectivity index is 0.000000131. The van der Waals surface area contributed by atoms with Crippen LogP contribution in [0, 0.1) is 6.92 Å². The predicted molar refractivity (Wildman–Crippen MR) is 179 cm³/mol.